The summed E-state index contributed by atoms with van der Waals surface area (Å²) in [7, 11) is 0. The molecule has 0 aromatic heterocycles. The topological polar surface area (TPSA) is 65.8 Å². The number of para-hydroxylation sites is 1. The van der Waals surface area contributed by atoms with E-state index in [9.17, 15) is 10.1 Å². The van der Waals surface area contributed by atoms with Crippen LogP contribution in [0.25, 0.3) is 0 Å². The summed E-state index contributed by atoms with van der Waals surface area (Å²) in [6, 6.07) is 19.3. The van der Waals surface area contributed by atoms with Gasteiger partial charge in [0.15, 0.2) is 0 Å². The summed E-state index contributed by atoms with van der Waals surface area (Å²) in [6.07, 6.45) is 2.62. The first-order chi connectivity index (χ1) is 14.2. The van der Waals surface area contributed by atoms with Gasteiger partial charge < -0.3 is 14.4 Å². The molecule has 0 saturated carbocycles. The lowest BCUT2D eigenvalue weighted by molar-refractivity contribution is -0.132. The molecule has 2 atom stereocenters. The Morgan fingerprint density at radius 1 is 1.03 bits per heavy atom. The second-order valence-electron chi connectivity index (χ2n) is 7.53. The van der Waals surface area contributed by atoms with E-state index in [0.29, 0.717) is 19.6 Å². The van der Waals surface area contributed by atoms with Crippen molar-refractivity contribution in [2.45, 2.75) is 31.4 Å². The van der Waals surface area contributed by atoms with Crippen molar-refractivity contribution >= 4 is 5.91 Å². The Hall–Kier alpha value is -3.04. The summed E-state index contributed by atoms with van der Waals surface area (Å²) >= 11 is 0. The minimum atomic E-state index is -0.260. The van der Waals surface area contributed by atoms with Gasteiger partial charge in [-0.1, -0.05) is 24.3 Å². The number of hydrogen-bond donors (Lipinski definition) is 0. The number of likely N-dealkylation sites (tertiary alicyclic amines) is 2. The highest BCUT2D eigenvalue weighted by Crippen LogP contribution is 2.27. The predicted molar refractivity (Wildman–Crippen MR) is 109 cm³/mol. The largest absolute Gasteiger partial charge is 0.489 e. The minimum Gasteiger partial charge on any atom is -0.489 e. The van der Waals surface area contributed by atoms with Gasteiger partial charge in [-0.05, 0) is 43.5 Å². The first-order valence-electron chi connectivity index (χ1n) is 10.1. The monoisotopic (exact) mass is 391 g/mol. The number of carbonyl (C=O) groups excluding carboxylic acids is 1. The summed E-state index contributed by atoms with van der Waals surface area (Å²) in [5.41, 5.74) is 0. The number of rotatable bonds is 6. The molecular weight excluding hydrogens is 366 g/mol. The van der Waals surface area contributed by atoms with E-state index in [1.165, 1.54) is 0 Å². The minimum absolute atomic E-state index is 0.0418. The molecule has 150 valence electrons. The zero-order valence-electron chi connectivity index (χ0n) is 16.4. The van der Waals surface area contributed by atoms with Crippen LogP contribution < -0.4 is 9.47 Å². The quantitative estimate of drug-likeness (QED) is 0.755. The zero-order valence-corrected chi connectivity index (χ0v) is 16.4. The van der Waals surface area contributed by atoms with Crippen LogP contribution in [-0.2, 0) is 4.79 Å². The fraction of sp³-hybridized carbons (Fsp3) is 0.391. The fourth-order valence-electron chi connectivity index (χ4n) is 3.95. The zero-order chi connectivity index (χ0) is 20.1. The average Bonchev–Trinajstić information content (AvgIpc) is 3.38. The van der Waals surface area contributed by atoms with Crippen LogP contribution in [0.3, 0.4) is 0 Å². The van der Waals surface area contributed by atoms with E-state index in [4.69, 9.17) is 9.47 Å². The Kier molecular flexibility index (Phi) is 5.97. The molecule has 2 fully saturated rings. The van der Waals surface area contributed by atoms with Crippen LogP contribution in [0.4, 0.5) is 0 Å². The highest BCUT2D eigenvalue weighted by atomic mass is 16.5. The molecular formula is C23H25N3O3. The maximum Gasteiger partial charge on any atom is 0.237 e. The highest BCUT2D eigenvalue weighted by molar-refractivity contribution is 5.79. The van der Waals surface area contributed by atoms with Gasteiger partial charge in [0.05, 0.1) is 12.6 Å². The normalized spacial score (nSPS) is 21.7. The van der Waals surface area contributed by atoms with Crippen LogP contribution in [0.5, 0.6) is 17.2 Å². The molecule has 2 aliphatic heterocycles. The van der Waals surface area contributed by atoms with Gasteiger partial charge in [0, 0.05) is 25.7 Å². The lowest BCUT2D eigenvalue weighted by atomic mass is 10.2. The summed E-state index contributed by atoms with van der Waals surface area (Å²) in [5, 5.41) is 9.18. The standard InChI is InChI=1S/C23H25N3O3/c24-15-18-6-5-12-26(18)23(27)17-25-13-11-22(16-25)29-21-10-4-9-20(14-21)28-19-7-2-1-3-8-19/h1-4,7-10,14,18,22H,5-6,11-13,16-17H2. The Balaban J connectivity index is 1.29. The van der Waals surface area contributed by atoms with Gasteiger partial charge >= 0.3 is 0 Å². The first-order valence-corrected chi connectivity index (χ1v) is 10.1. The van der Waals surface area contributed by atoms with E-state index < -0.39 is 0 Å². The van der Waals surface area contributed by atoms with Crippen LogP contribution in [-0.4, -0.2) is 54.0 Å². The van der Waals surface area contributed by atoms with Gasteiger partial charge in [0.25, 0.3) is 0 Å². The van der Waals surface area contributed by atoms with E-state index in [1.807, 2.05) is 54.6 Å². The van der Waals surface area contributed by atoms with Crippen LogP contribution >= 0.6 is 0 Å². The van der Waals surface area contributed by atoms with E-state index >= 15 is 0 Å². The SMILES string of the molecule is N#CC1CCCN1C(=O)CN1CCC(Oc2cccc(Oc3ccccc3)c2)C1. The molecule has 2 unspecified atom stereocenters. The van der Waals surface area contributed by atoms with E-state index in [-0.39, 0.29) is 18.1 Å². The van der Waals surface area contributed by atoms with Gasteiger partial charge in [-0.15, -0.1) is 0 Å². The molecule has 1 amide bonds. The van der Waals surface area contributed by atoms with Crippen LogP contribution in [0.15, 0.2) is 54.6 Å². The third-order valence-electron chi connectivity index (χ3n) is 5.40. The highest BCUT2D eigenvalue weighted by Gasteiger charge is 2.32. The number of nitriles is 1. The molecule has 2 aromatic carbocycles. The molecule has 6 nitrogen and oxygen atoms in total. The Morgan fingerprint density at radius 3 is 2.66 bits per heavy atom. The molecule has 0 aliphatic carbocycles. The third kappa shape index (κ3) is 4.87. The van der Waals surface area contributed by atoms with E-state index in [0.717, 1.165) is 43.1 Å². The number of carbonyl (C=O) groups is 1. The van der Waals surface area contributed by atoms with Crippen LogP contribution in [0, 0.1) is 11.3 Å². The molecule has 2 heterocycles. The lowest BCUT2D eigenvalue weighted by Gasteiger charge is -2.23. The number of nitrogens with zero attached hydrogens (tertiary/aromatic N) is 3. The molecule has 2 aliphatic rings. The van der Waals surface area contributed by atoms with Crippen molar-refractivity contribution in [3.05, 3.63) is 54.6 Å². The average molecular weight is 391 g/mol. The van der Waals surface area contributed by atoms with Crippen molar-refractivity contribution < 1.29 is 14.3 Å². The molecule has 2 aromatic rings. The molecule has 6 heteroatoms. The Labute approximate surface area is 171 Å². The summed E-state index contributed by atoms with van der Waals surface area (Å²) in [4.78, 5) is 16.4. The van der Waals surface area contributed by atoms with Gasteiger partial charge in [0.1, 0.15) is 29.4 Å². The second kappa shape index (κ2) is 8.97. The van der Waals surface area contributed by atoms with Crippen molar-refractivity contribution in [2.75, 3.05) is 26.2 Å². The second-order valence-corrected chi connectivity index (χ2v) is 7.53. The van der Waals surface area contributed by atoms with Crippen molar-refractivity contribution in [3.63, 3.8) is 0 Å². The summed E-state index contributed by atoms with van der Waals surface area (Å²) in [5.74, 6) is 2.33. The van der Waals surface area contributed by atoms with E-state index in [1.54, 1.807) is 4.90 Å². The molecule has 0 spiro atoms. The number of amides is 1. The van der Waals surface area contributed by atoms with Gasteiger partial charge in [-0.2, -0.15) is 5.26 Å². The molecule has 0 radical (unpaired) electrons. The van der Waals surface area contributed by atoms with Crippen molar-refractivity contribution in [1.82, 2.24) is 9.80 Å². The maximum atomic E-state index is 12.5. The summed E-state index contributed by atoms with van der Waals surface area (Å²) in [6.45, 7) is 2.58. The number of hydrogen-bond acceptors (Lipinski definition) is 5. The van der Waals surface area contributed by atoms with Crippen LogP contribution in [0.2, 0.25) is 0 Å². The van der Waals surface area contributed by atoms with Crippen molar-refractivity contribution in [3.8, 4) is 23.3 Å². The fourth-order valence-corrected chi connectivity index (χ4v) is 3.95. The Morgan fingerprint density at radius 2 is 1.83 bits per heavy atom. The van der Waals surface area contributed by atoms with Crippen molar-refractivity contribution in [2.24, 2.45) is 0 Å². The van der Waals surface area contributed by atoms with Gasteiger partial charge in [-0.25, -0.2) is 0 Å². The molecule has 2 saturated heterocycles. The van der Waals surface area contributed by atoms with Crippen molar-refractivity contribution in [1.29, 1.82) is 5.26 Å². The number of benzene rings is 2. The first kappa shape index (κ1) is 19.3. The Bertz CT molecular complexity index is 880. The number of ether oxygens (including phenoxy) is 2. The lowest BCUT2D eigenvalue weighted by Crippen LogP contribution is -2.42. The third-order valence-corrected chi connectivity index (χ3v) is 5.40. The van der Waals surface area contributed by atoms with Gasteiger partial charge in [-0.3, -0.25) is 9.69 Å². The summed E-state index contributed by atoms with van der Waals surface area (Å²) < 4.78 is 12.0. The maximum absolute atomic E-state index is 12.5. The predicted octanol–water partition coefficient (Wildman–Crippen LogP) is 3.45. The molecule has 0 N–H and O–H groups in total. The smallest absolute Gasteiger partial charge is 0.237 e. The molecule has 0 bridgehead atoms. The van der Waals surface area contributed by atoms with E-state index in [2.05, 4.69) is 11.0 Å². The van der Waals surface area contributed by atoms with Gasteiger partial charge in [0.2, 0.25) is 5.91 Å². The molecule has 29 heavy (non-hydrogen) atoms. The molecule has 4 rings (SSSR count). The van der Waals surface area contributed by atoms with Crippen LogP contribution in [0.1, 0.15) is 19.3 Å².